The fourth-order valence-corrected chi connectivity index (χ4v) is 1.63. The standard InChI is InChI=1S/C11H14F3NO4/c1-10(2,3)19-9(18)15-5-6(16)4-7(15)8(17)11(12,13)14/h7H,4-5H2,1-3H3/t7-/m1/s1. The van der Waals surface area contributed by atoms with Crippen LogP contribution in [0.4, 0.5) is 18.0 Å². The molecule has 108 valence electrons. The second-order valence-corrected chi connectivity index (χ2v) is 5.23. The van der Waals surface area contributed by atoms with Gasteiger partial charge in [0.1, 0.15) is 11.6 Å². The van der Waals surface area contributed by atoms with Gasteiger partial charge in [-0.3, -0.25) is 14.5 Å². The monoisotopic (exact) mass is 281 g/mol. The Hall–Kier alpha value is -1.60. The highest BCUT2D eigenvalue weighted by Gasteiger charge is 2.51. The van der Waals surface area contributed by atoms with Gasteiger partial charge in [0.2, 0.25) is 0 Å². The third-order valence-corrected chi connectivity index (χ3v) is 2.35. The minimum Gasteiger partial charge on any atom is -0.444 e. The highest BCUT2D eigenvalue weighted by molar-refractivity contribution is 6.00. The van der Waals surface area contributed by atoms with Crippen molar-refractivity contribution in [1.82, 2.24) is 4.90 Å². The average molecular weight is 281 g/mol. The average Bonchev–Trinajstić information content (AvgIpc) is 2.55. The van der Waals surface area contributed by atoms with E-state index in [0.29, 0.717) is 4.90 Å². The number of amides is 1. The summed E-state index contributed by atoms with van der Waals surface area (Å²) in [5.41, 5.74) is -0.922. The van der Waals surface area contributed by atoms with Gasteiger partial charge in [-0.15, -0.1) is 0 Å². The molecule has 0 aromatic heterocycles. The fraction of sp³-hybridized carbons (Fsp3) is 0.727. The molecule has 1 heterocycles. The van der Waals surface area contributed by atoms with Gasteiger partial charge in [0, 0.05) is 6.42 Å². The Morgan fingerprint density at radius 2 is 1.79 bits per heavy atom. The van der Waals surface area contributed by atoms with Crippen LogP contribution in [0.3, 0.4) is 0 Å². The molecular formula is C11H14F3NO4. The van der Waals surface area contributed by atoms with Crippen LogP contribution in [0.5, 0.6) is 0 Å². The van der Waals surface area contributed by atoms with Crippen molar-refractivity contribution < 1.29 is 32.3 Å². The van der Waals surface area contributed by atoms with Gasteiger partial charge in [0.15, 0.2) is 5.78 Å². The van der Waals surface area contributed by atoms with Crippen molar-refractivity contribution in [3.05, 3.63) is 0 Å². The number of hydrogen-bond acceptors (Lipinski definition) is 4. The van der Waals surface area contributed by atoms with E-state index in [4.69, 9.17) is 4.74 Å². The second kappa shape index (κ2) is 4.82. The molecule has 8 heteroatoms. The molecule has 0 aliphatic carbocycles. The number of ether oxygens (including phenoxy) is 1. The maximum absolute atomic E-state index is 12.4. The Balaban J connectivity index is 2.89. The topological polar surface area (TPSA) is 63.7 Å². The summed E-state index contributed by atoms with van der Waals surface area (Å²) in [6.45, 7) is 4.05. The molecule has 1 aliphatic heterocycles. The van der Waals surface area contributed by atoms with E-state index in [0.717, 1.165) is 0 Å². The van der Waals surface area contributed by atoms with Crippen molar-refractivity contribution >= 4 is 17.7 Å². The van der Waals surface area contributed by atoms with Gasteiger partial charge in [-0.1, -0.05) is 0 Å². The summed E-state index contributed by atoms with van der Waals surface area (Å²) in [4.78, 5) is 34.6. The highest BCUT2D eigenvalue weighted by atomic mass is 19.4. The first-order chi connectivity index (χ1) is 8.42. The smallest absolute Gasteiger partial charge is 0.444 e. The Kier molecular flexibility index (Phi) is 3.92. The van der Waals surface area contributed by atoms with Gasteiger partial charge in [-0.25, -0.2) is 4.79 Å². The molecule has 0 spiro atoms. The molecular weight excluding hydrogens is 267 g/mol. The molecule has 1 rings (SSSR count). The number of likely N-dealkylation sites (tertiary alicyclic amines) is 1. The van der Waals surface area contributed by atoms with E-state index >= 15 is 0 Å². The van der Waals surface area contributed by atoms with Crippen molar-refractivity contribution in [2.45, 2.75) is 45.0 Å². The van der Waals surface area contributed by atoms with Gasteiger partial charge < -0.3 is 4.74 Å². The number of Topliss-reactive ketones (excluding diaryl/α,β-unsaturated/α-hetero) is 2. The van der Waals surface area contributed by atoms with E-state index in [2.05, 4.69) is 0 Å². The van der Waals surface area contributed by atoms with Crippen molar-refractivity contribution in [2.75, 3.05) is 6.54 Å². The summed E-state index contributed by atoms with van der Waals surface area (Å²) in [6, 6.07) is -1.82. The zero-order chi connectivity index (χ0) is 15.0. The maximum Gasteiger partial charge on any atom is 0.452 e. The zero-order valence-corrected chi connectivity index (χ0v) is 10.7. The molecule has 0 aromatic carbocycles. The third-order valence-electron chi connectivity index (χ3n) is 2.35. The number of carbonyl (C=O) groups is 3. The first-order valence-electron chi connectivity index (χ1n) is 5.54. The molecule has 1 fully saturated rings. The number of carbonyl (C=O) groups excluding carboxylic acids is 3. The number of ketones is 2. The Labute approximate surface area is 107 Å². The number of rotatable bonds is 1. The van der Waals surface area contributed by atoms with Crippen LogP contribution in [0, 0.1) is 0 Å². The van der Waals surface area contributed by atoms with Crippen molar-refractivity contribution in [3.8, 4) is 0 Å². The quantitative estimate of drug-likeness (QED) is 0.733. The minimum absolute atomic E-state index is 0.531. The van der Waals surface area contributed by atoms with Crippen LogP contribution in [-0.4, -0.2) is 46.9 Å². The molecule has 1 amide bonds. The van der Waals surface area contributed by atoms with E-state index in [1.807, 2.05) is 0 Å². The lowest BCUT2D eigenvalue weighted by atomic mass is 10.1. The molecule has 19 heavy (non-hydrogen) atoms. The van der Waals surface area contributed by atoms with Gasteiger partial charge in [-0.05, 0) is 20.8 Å². The van der Waals surface area contributed by atoms with Gasteiger partial charge in [-0.2, -0.15) is 13.2 Å². The van der Waals surface area contributed by atoms with Crippen molar-refractivity contribution in [3.63, 3.8) is 0 Å². The molecule has 0 N–H and O–H groups in total. The van der Waals surface area contributed by atoms with E-state index in [9.17, 15) is 27.6 Å². The van der Waals surface area contributed by atoms with Crippen LogP contribution >= 0.6 is 0 Å². The van der Waals surface area contributed by atoms with Crippen LogP contribution in [0.2, 0.25) is 0 Å². The number of hydrogen-bond donors (Lipinski definition) is 0. The number of halogens is 3. The minimum atomic E-state index is -5.09. The molecule has 0 unspecified atom stereocenters. The van der Waals surface area contributed by atoms with E-state index in [1.54, 1.807) is 0 Å². The SMILES string of the molecule is CC(C)(C)OC(=O)N1CC(=O)C[C@@H]1C(=O)C(F)(F)F. The number of nitrogens with zero attached hydrogens (tertiary/aromatic N) is 1. The zero-order valence-electron chi connectivity index (χ0n) is 10.7. The first-order valence-corrected chi connectivity index (χ1v) is 5.54. The summed E-state index contributed by atoms with van der Waals surface area (Å²) in [6.07, 6.45) is -6.81. The molecule has 0 radical (unpaired) electrons. The van der Waals surface area contributed by atoms with E-state index < -0.39 is 48.4 Å². The molecule has 1 aliphatic rings. The second-order valence-electron chi connectivity index (χ2n) is 5.23. The van der Waals surface area contributed by atoms with Crippen LogP contribution in [0.25, 0.3) is 0 Å². The molecule has 1 atom stereocenters. The van der Waals surface area contributed by atoms with Crippen LogP contribution in [-0.2, 0) is 14.3 Å². The molecule has 0 bridgehead atoms. The van der Waals surface area contributed by atoms with Crippen LogP contribution in [0.1, 0.15) is 27.2 Å². The lowest BCUT2D eigenvalue weighted by molar-refractivity contribution is -0.175. The van der Waals surface area contributed by atoms with Crippen LogP contribution < -0.4 is 0 Å². The van der Waals surface area contributed by atoms with Crippen molar-refractivity contribution in [2.24, 2.45) is 0 Å². The maximum atomic E-state index is 12.4. The van der Waals surface area contributed by atoms with Crippen molar-refractivity contribution in [1.29, 1.82) is 0 Å². The third kappa shape index (κ3) is 3.93. The van der Waals surface area contributed by atoms with Gasteiger partial charge in [0.05, 0.1) is 6.54 Å². The first kappa shape index (κ1) is 15.5. The largest absolute Gasteiger partial charge is 0.452 e. The molecule has 0 saturated carbocycles. The molecule has 5 nitrogen and oxygen atoms in total. The fourth-order valence-electron chi connectivity index (χ4n) is 1.63. The Morgan fingerprint density at radius 3 is 2.21 bits per heavy atom. The van der Waals surface area contributed by atoms with Gasteiger partial charge in [0.25, 0.3) is 5.78 Å². The lowest BCUT2D eigenvalue weighted by Crippen LogP contribution is -2.47. The van der Waals surface area contributed by atoms with Crippen LogP contribution in [0.15, 0.2) is 0 Å². The van der Waals surface area contributed by atoms with Gasteiger partial charge >= 0.3 is 12.3 Å². The predicted molar refractivity (Wildman–Crippen MR) is 57.4 cm³/mol. The Bertz CT molecular complexity index is 411. The van der Waals surface area contributed by atoms with E-state index in [-0.39, 0.29) is 0 Å². The van der Waals surface area contributed by atoms with E-state index in [1.165, 1.54) is 20.8 Å². The normalized spacial score (nSPS) is 20.6. The number of alkyl halides is 3. The molecule has 1 saturated heterocycles. The molecule has 0 aromatic rings. The summed E-state index contributed by atoms with van der Waals surface area (Å²) < 4.78 is 42.0. The Morgan fingerprint density at radius 1 is 1.26 bits per heavy atom. The summed E-state index contributed by atoms with van der Waals surface area (Å²) in [7, 11) is 0. The summed E-state index contributed by atoms with van der Waals surface area (Å²) in [5, 5.41) is 0. The summed E-state index contributed by atoms with van der Waals surface area (Å²) in [5.74, 6) is -2.71. The lowest BCUT2D eigenvalue weighted by Gasteiger charge is -2.27. The highest BCUT2D eigenvalue weighted by Crippen LogP contribution is 2.26. The summed E-state index contributed by atoms with van der Waals surface area (Å²) >= 11 is 0. The predicted octanol–water partition coefficient (Wildman–Crippen LogP) is 1.70.